The lowest BCUT2D eigenvalue weighted by molar-refractivity contribution is 0.415. The van der Waals surface area contributed by atoms with Crippen molar-refractivity contribution in [3.8, 4) is 26.6 Å². The number of benzene rings is 2. The zero-order chi connectivity index (χ0) is 17.1. The van der Waals surface area contributed by atoms with Gasteiger partial charge in [0, 0.05) is 21.9 Å². The van der Waals surface area contributed by atoms with Crippen molar-refractivity contribution in [2.75, 3.05) is 20.2 Å². The zero-order valence-corrected chi connectivity index (χ0v) is 15.6. The van der Waals surface area contributed by atoms with Crippen LogP contribution in [0.4, 0.5) is 0 Å². The molecule has 0 saturated carbocycles. The molecular weight excluding hydrogens is 314 g/mol. The lowest BCUT2D eigenvalue weighted by atomic mass is 10.1. The van der Waals surface area contributed by atoms with Crippen LogP contribution >= 0.6 is 11.3 Å². The van der Waals surface area contributed by atoms with Crippen molar-refractivity contribution in [1.82, 2.24) is 4.58 Å². The van der Waals surface area contributed by atoms with E-state index in [1.165, 1.54) is 31.8 Å². The molecule has 3 rings (SSSR count). The van der Waals surface area contributed by atoms with Crippen LogP contribution in [0.5, 0.6) is 5.75 Å². The minimum Gasteiger partial charge on any atom is -0.497 e. The van der Waals surface area contributed by atoms with Crippen LogP contribution in [0.15, 0.2) is 48.5 Å². The minimum atomic E-state index is 0.894. The Balaban J connectivity index is 2.17. The summed E-state index contributed by atoms with van der Waals surface area (Å²) in [6, 6.07) is 17.4. The van der Waals surface area contributed by atoms with Gasteiger partial charge >= 0.3 is 0 Å². The molecule has 0 saturated heterocycles. The van der Waals surface area contributed by atoms with E-state index in [-0.39, 0.29) is 0 Å². The number of hydrogen-bond acceptors (Lipinski definition) is 2. The molecule has 0 radical (unpaired) electrons. The minimum absolute atomic E-state index is 0.894. The summed E-state index contributed by atoms with van der Waals surface area (Å²) in [4.78, 5) is 2.63. The SMILES string of the molecule is CC[N+](CC)=c1ccc2c(C)cc(-c3ccc(OC)cc3)sc-2c1. The van der Waals surface area contributed by atoms with Gasteiger partial charge in [-0.1, -0.05) is 0 Å². The van der Waals surface area contributed by atoms with Crippen LogP contribution in [0.1, 0.15) is 19.4 Å². The molecule has 1 aliphatic heterocycles. The van der Waals surface area contributed by atoms with Gasteiger partial charge in [-0.25, -0.2) is 4.58 Å². The average Bonchev–Trinajstić information content (AvgIpc) is 2.62. The maximum absolute atomic E-state index is 5.26. The molecule has 3 heteroatoms. The second-order valence-electron chi connectivity index (χ2n) is 5.87. The van der Waals surface area contributed by atoms with Crippen molar-refractivity contribution < 1.29 is 4.74 Å². The van der Waals surface area contributed by atoms with E-state index in [1.54, 1.807) is 7.11 Å². The van der Waals surface area contributed by atoms with Gasteiger partial charge in [0.1, 0.15) is 18.8 Å². The molecule has 1 heterocycles. The number of rotatable bonds is 4. The van der Waals surface area contributed by atoms with Gasteiger partial charge in [-0.05, 0) is 73.9 Å². The quantitative estimate of drug-likeness (QED) is 0.631. The summed E-state index contributed by atoms with van der Waals surface area (Å²) in [5.74, 6) is 0.894. The second-order valence-corrected chi connectivity index (χ2v) is 6.96. The van der Waals surface area contributed by atoms with E-state index >= 15 is 0 Å². The molecular formula is C21H24NOS+. The monoisotopic (exact) mass is 338 g/mol. The molecule has 1 aromatic carbocycles. The third-order valence-corrected chi connectivity index (χ3v) is 5.59. The van der Waals surface area contributed by atoms with Crippen LogP contribution in [0.3, 0.4) is 0 Å². The van der Waals surface area contributed by atoms with Gasteiger partial charge in [0.15, 0.2) is 0 Å². The smallest absolute Gasteiger partial charge is 0.201 e. The zero-order valence-electron chi connectivity index (χ0n) is 14.8. The lowest BCUT2D eigenvalue weighted by Gasteiger charge is -2.12. The molecule has 124 valence electrons. The number of methoxy groups -OCH3 is 1. The largest absolute Gasteiger partial charge is 0.497 e. The summed E-state index contributed by atoms with van der Waals surface area (Å²) in [6.45, 7) is 8.67. The van der Waals surface area contributed by atoms with Gasteiger partial charge in [0.05, 0.1) is 7.11 Å². The first-order valence-corrected chi connectivity index (χ1v) is 9.24. The first-order chi connectivity index (χ1) is 11.7. The van der Waals surface area contributed by atoms with Crippen LogP contribution in [0.25, 0.3) is 20.9 Å². The van der Waals surface area contributed by atoms with Crippen molar-refractivity contribution in [3.63, 3.8) is 0 Å². The third-order valence-electron chi connectivity index (χ3n) is 4.46. The van der Waals surface area contributed by atoms with Crippen LogP contribution in [-0.4, -0.2) is 20.2 Å². The normalized spacial score (nSPS) is 10.8. The molecule has 0 amide bonds. The first kappa shape index (κ1) is 16.7. The number of hydrogen-bond donors (Lipinski definition) is 0. The van der Waals surface area contributed by atoms with E-state index in [1.807, 2.05) is 23.5 Å². The van der Waals surface area contributed by atoms with Gasteiger partial charge in [-0.2, -0.15) is 0 Å². The summed E-state index contributed by atoms with van der Waals surface area (Å²) in [6.07, 6.45) is 0. The van der Waals surface area contributed by atoms with E-state index in [2.05, 4.69) is 61.7 Å². The van der Waals surface area contributed by atoms with Crippen molar-refractivity contribution in [3.05, 3.63) is 59.5 Å². The maximum atomic E-state index is 5.26. The molecule has 0 atom stereocenters. The predicted octanol–water partition coefficient (Wildman–Crippen LogP) is 4.65. The van der Waals surface area contributed by atoms with E-state index < -0.39 is 0 Å². The molecule has 2 nitrogen and oxygen atoms in total. The van der Waals surface area contributed by atoms with Crippen LogP contribution < -0.4 is 14.7 Å². The molecule has 0 unspecified atom stereocenters. The van der Waals surface area contributed by atoms with E-state index in [9.17, 15) is 0 Å². The van der Waals surface area contributed by atoms with Gasteiger partial charge < -0.3 is 4.74 Å². The van der Waals surface area contributed by atoms with Crippen molar-refractivity contribution in [2.45, 2.75) is 20.8 Å². The van der Waals surface area contributed by atoms with Crippen molar-refractivity contribution in [1.29, 1.82) is 0 Å². The number of fused-ring (bicyclic) bond motifs is 1. The van der Waals surface area contributed by atoms with Crippen molar-refractivity contribution in [2.24, 2.45) is 0 Å². The number of ether oxygens (including phenoxy) is 1. The summed E-state index contributed by atoms with van der Waals surface area (Å²) in [5, 5.41) is 1.30. The predicted molar refractivity (Wildman–Crippen MR) is 104 cm³/mol. The third kappa shape index (κ3) is 3.22. The van der Waals surface area contributed by atoms with Gasteiger partial charge in [-0.3, -0.25) is 0 Å². The van der Waals surface area contributed by atoms with Crippen LogP contribution in [0, 0.1) is 6.92 Å². The molecule has 0 aromatic heterocycles. The molecule has 0 bridgehead atoms. The average molecular weight is 338 g/mol. The molecule has 0 fully saturated rings. The highest BCUT2D eigenvalue weighted by atomic mass is 32.1. The van der Waals surface area contributed by atoms with E-state index in [0.29, 0.717) is 0 Å². The Morgan fingerprint density at radius 2 is 1.62 bits per heavy atom. The Bertz CT molecular complexity index is 871. The lowest BCUT2D eigenvalue weighted by Crippen LogP contribution is -2.29. The number of nitrogens with zero attached hydrogens (tertiary/aromatic N) is 1. The number of aryl methyl sites for hydroxylation is 1. The summed E-state index contributed by atoms with van der Waals surface area (Å²) in [7, 11) is 1.70. The Kier molecular flexibility index (Phi) is 5.00. The summed E-state index contributed by atoms with van der Waals surface area (Å²) >= 11 is 1.85. The molecule has 0 N–H and O–H groups in total. The highest BCUT2D eigenvalue weighted by molar-refractivity contribution is 7.18. The Morgan fingerprint density at radius 1 is 0.917 bits per heavy atom. The van der Waals surface area contributed by atoms with Gasteiger partial charge in [0.25, 0.3) is 0 Å². The van der Waals surface area contributed by atoms with E-state index in [0.717, 1.165) is 18.8 Å². The molecule has 24 heavy (non-hydrogen) atoms. The van der Waals surface area contributed by atoms with Crippen LogP contribution in [-0.2, 0) is 0 Å². The fraction of sp³-hybridized carbons (Fsp3) is 0.286. The van der Waals surface area contributed by atoms with E-state index in [4.69, 9.17) is 4.74 Å². The Hall–Kier alpha value is -2.13. The fourth-order valence-electron chi connectivity index (χ4n) is 3.03. The molecule has 2 aliphatic rings. The summed E-state index contributed by atoms with van der Waals surface area (Å²) < 4.78 is 7.65. The highest BCUT2D eigenvalue weighted by Gasteiger charge is 2.12. The van der Waals surface area contributed by atoms with Crippen LogP contribution in [0.2, 0.25) is 0 Å². The fourth-order valence-corrected chi connectivity index (χ4v) is 4.27. The second kappa shape index (κ2) is 7.18. The van der Waals surface area contributed by atoms with Gasteiger partial charge in [0.2, 0.25) is 5.36 Å². The first-order valence-electron chi connectivity index (χ1n) is 8.43. The standard InChI is InChI=1S/C21H24NOS/c1-5-22(6-2)17-9-12-19-15(3)13-20(24-21(19)14-17)16-7-10-18(23-4)11-8-16/h7-14H,5-6H2,1-4H3/q+1. The van der Waals surface area contributed by atoms with Crippen molar-refractivity contribution >= 4 is 11.3 Å². The van der Waals surface area contributed by atoms with Gasteiger partial charge in [-0.15, -0.1) is 11.3 Å². The highest BCUT2D eigenvalue weighted by Crippen LogP contribution is 2.36. The topological polar surface area (TPSA) is 12.2 Å². The molecule has 1 aromatic rings. The summed E-state index contributed by atoms with van der Waals surface area (Å²) in [5.41, 5.74) is 3.90. The Labute approximate surface area is 148 Å². The Morgan fingerprint density at radius 3 is 2.25 bits per heavy atom. The molecule has 0 spiro atoms. The maximum Gasteiger partial charge on any atom is 0.201 e. The molecule has 1 aliphatic carbocycles.